The van der Waals surface area contributed by atoms with Gasteiger partial charge < -0.3 is 14.7 Å². The molecule has 0 saturated carbocycles. The van der Waals surface area contributed by atoms with E-state index in [2.05, 4.69) is 28.0 Å². The first-order valence-corrected chi connectivity index (χ1v) is 7.64. The molecule has 0 amide bonds. The lowest BCUT2D eigenvalue weighted by Crippen LogP contribution is -2.34. The predicted molar refractivity (Wildman–Crippen MR) is 79.3 cm³/mol. The van der Waals surface area contributed by atoms with Crippen molar-refractivity contribution in [1.82, 2.24) is 9.80 Å². The number of aliphatic hydroxyl groups is 1. The molecule has 1 saturated heterocycles. The van der Waals surface area contributed by atoms with Crippen molar-refractivity contribution < 1.29 is 9.84 Å². The Labute approximate surface area is 120 Å². The zero-order valence-electron chi connectivity index (χ0n) is 12.0. The van der Waals surface area contributed by atoms with Crippen molar-refractivity contribution in [3.8, 4) is 5.75 Å². The van der Waals surface area contributed by atoms with E-state index in [0.29, 0.717) is 5.92 Å². The monoisotopic (exact) mass is 276 g/mol. The fourth-order valence-electron chi connectivity index (χ4n) is 3.26. The summed E-state index contributed by atoms with van der Waals surface area (Å²) in [6.45, 7) is 7.40. The highest BCUT2D eigenvalue weighted by Crippen LogP contribution is 2.33. The summed E-state index contributed by atoms with van der Waals surface area (Å²) < 4.78 is 5.77. The molecule has 1 fully saturated rings. The van der Waals surface area contributed by atoms with Gasteiger partial charge in [0.2, 0.25) is 0 Å². The summed E-state index contributed by atoms with van der Waals surface area (Å²) in [6.07, 6.45) is 1.19. The molecule has 1 unspecified atom stereocenters. The summed E-state index contributed by atoms with van der Waals surface area (Å²) in [5.74, 6) is 1.57. The van der Waals surface area contributed by atoms with Crippen molar-refractivity contribution in [3.63, 3.8) is 0 Å². The maximum absolute atomic E-state index is 9.04. The van der Waals surface area contributed by atoms with E-state index in [-0.39, 0.29) is 6.61 Å². The van der Waals surface area contributed by atoms with Crippen LogP contribution in [-0.2, 0) is 0 Å². The van der Waals surface area contributed by atoms with Gasteiger partial charge in [0.05, 0.1) is 13.2 Å². The minimum absolute atomic E-state index is 0.268. The molecule has 0 radical (unpaired) electrons. The van der Waals surface area contributed by atoms with Gasteiger partial charge in [-0.05, 0) is 25.6 Å². The van der Waals surface area contributed by atoms with Gasteiger partial charge in [-0.1, -0.05) is 18.2 Å². The van der Waals surface area contributed by atoms with Gasteiger partial charge in [0.15, 0.2) is 0 Å². The third kappa shape index (κ3) is 3.14. The summed E-state index contributed by atoms with van der Waals surface area (Å²) in [4.78, 5) is 4.91. The van der Waals surface area contributed by atoms with Crippen LogP contribution in [0.25, 0.3) is 0 Å². The summed E-state index contributed by atoms with van der Waals surface area (Å²) in [6, 6.07) is 8.41. The zero-order chi connectivity index (χ0) is 13.8. The third-order valence-electron chi connectivity index (χ3n) is 4.37. The van der Waals surface area contributed by atoms with Gasteiger partial charge in [-0.2, -0.15) is 0 Å². The molecular formula is C16H24N2O2. The lowest BCUT2D eigenvalue weighted by atomic mass is 10.0. The summed E-state index contributed by atoms with van der Waals surface area (Å²) >= 11 is 0. The SMILES string of the molecule is OCCN1CCCN(CC2COc3ccccc32)CC1. The Morgan fingerprint density at radius 3 is 2.80 bits per heavy atom. The molecule has 1 aromatic rings. The molecule has 0 aliphatic carbocycles. The lowest BCUT2D eigenvalue weighted by molar-refractivity contribution is 0.193. The van der Waals surface area contributed by atoms with E-state index in [1.165, 1.54) is 12.0 Å². The lowest BCUT2D eigenvalue weighted by Gasteiger charge is -2.23. The Balaban J connectivity index is 1.56. The topological polar surface area (TPSA) is 35.9 Å². The molecule has 1 N–H and O–H groups in total. The van der Waals surface area contributed by atoms with Gasteiger partial charge >= 0.3 is 0 Å². The fraction of sp³-hybridized carbons (Fsp3) is 0.625. The van der Waals surface area contributed by atoms with Crippen LogP contribution >= 0.6 is 0 Å². The Kier molecular flexibility index (Phi) is 4.55. The number of fused-ring (bicyclic) bond motifs is 1. The molecule has 110 valence electrons. The summed E-state index contributed by atoms with van der Waals surface area (Å²) in [5, 5.41) is 9.04. The average Bonchev–Trinajstić information content (AvgIpc) is 2.74. The predicted octanol–water partition coefficient (Wildman–Crippen LogP) is 1.16. The van der Waals surface area contributed by atoms with E-state index < -0.39 is 0 Å². The van der Waals surface area contributed by atoms with Crippen molar-refractivity contribution in [3.05, 3.63) is 29.8 Å². The van der Waals surface area contributed by atoms with Gasteiger partial charge in [-0.25, -0.2) is 0 Å². The van der Waals surface area contributed by atoms with Crippen molar-refractivity contribution in [2.75, 3.05) is 52.5 Å². The Bertz CT molecular complexity index is 438. The number of aliphatic hydroxyl groups excluding tert-OH is 1. The fourth-order valence-corrected chi connectivity index (χ4v) is 3.26. The van der Waals surface area contributed by atoms with Crippen LogP contribution in [0.1, 0.15) is 17.9 Å². The van der Waals surface area contributed by atoms with Crippen LogP contribution in [0.2, 0.25) is 0 Å². The van der Waals surface area contributed by atoms with Crippen LogP contribution < -0.4 is 4.74 Å². The normalized spacial score (nSPS) is 24.1. The van der Waals surface area contributed by atoms with Crippen molar-refractivity contribution in [2.45, 2.75) is 12.3 Å². The minimum Gasteiger partial charge on any atom is -0.493 e. The third-order valence-corrected chi connectivity index (χ3v) is 4.37. The van der Waals surface area contributed by atoms with Crippen LogP contribution in [-0.4, -0.2) is 67.4 Å². The van der Waals surface area contributed by atoms with Crippen LogP contribution in [0.4, 0.5) is 0 Å². The molecule has 3 rings (SSSR count). The first kappa shape index (κ1) is 13.9. The average molecular weight is 276 g/mol. The quantitative estimate of drug-likeness (QED) is 0.895. The molecule has 2 aliphatic heterocycles. The van der Waals surface area contributed by atoms with E-state index in [0.717, 1.165) is 51.6 Å². The van der Waals surface area contributed by atoms with Crippen LogP contribution in [0.15, 0.2) is 24.3 Å². The second-order valence-corrected chi connectivity index (χ2v) is 5.77. The van der Waals surface area contributed by atoms with Gasteiger partial charge in [-0.3, -0.25) is 4.90 Å². The number of hydrogen-bond donors (Lipinski definition) is 1. The van der Waals surface area contributed by atoms with E-state index in [4.69, 9.17) is 9.84 Å². The van der Waals surface area contributed by atoms with Crippen LogP contribution in [0.3, 0.4) is 0 Å². The molecule has 4 nitrogen and oxygen atoms in total. The van der Waals surface area contributed by atoms with E-state index in [1.54, 1.807) is 0 Å². The Morgan fingerprint density at radius 2 is 1.90 bits per heavy atom. The minimum atomic E-state index is 0.268. The Hall–Kier alpha value is -1.10. The molecule has 1 aromatic carbocycles. The number of hydrogen-bond acceptors (Lipinski definition) is 4. The highest BCUT2D eigenvalue weighted by Gasteiger charge is 2.26. The zero-order valence-corrected chi connectivity index (χ0v) is 12.0. The highest BCUT2D eigenvalue weighted by molar-refractivity contribution is 5.39. The highest BCUT2D eigenvalue weighted by atomic mass is 16.5. The number of para-hydroxylation sites is 1. The van der Waals surface area contributed by atoms with E-state index >= 15 is 0 Å². The largest absolute Gasteiger partial charge is 0.493 e. The van der Waals surface area contributed by atoms with Gasteiger partial charge in [0, 0.05) is 37.7 Å². The second-order valence-electron chi connectivity index (χ2n) is 5.77. The van der Waals surface area contributed by atoms with Crippen molar-refractivity contribution in [2.24, 2.45) is 0 Å². The maximum atomic E-state index is 9.04. The molecule has 4 heteroatoms. The molecule has 2 aliphatic rings. The van der Waals surface area contributed by atoms with Gasteiger partial charge in [0.25, 0.3) is 0 Å². The first-order valence-electron chi connectivity index (χ1n) is 7.64. The Morgan fingerprint density at radius 1 is 1.10 bits per heavy atom. The smallest absolute Gasteiger partial charge is 0.122 e. The summed E-state index contributed by atoms with van der Waals surface area (Å²) in [5.41, 5.74) is 1.36. The molecule has 0 bridgehead atoms. The van der Waals surface area contributed by atoms with E-state index in [1.807, 2.05) is 6.07 Å². The van der Waals surface area contributed by atoms with Crippen molar-refractivity contribution in [1.29, 1.82) is 0 Å². The molecule has 20 heavy (non-hydrogen) atoms. The van der Waals surface area contributed by atoms with Gasteiger partial charge in [-0.15, -0.1) is 0 Å². The number of ether oxygens (including phenoxy) is 1. The number of rotatable bonds is 4. The molecule has 2 heterocycles. The standard InChI is InChI=1S/C16H24N2O2/c19-11-10-17-6-3-7-18(9-8-17)12-14-13-20-16-5-2-1-4-15(14)16/h1-2,4-5,14,19H,3,6-13H2. The van der Waals surface area contributed by atoms with Gasteiger partial charge in [0.1, 0.15) is 5.75 Å². The molecule has 0 spiro atoms. The van der Waals surface area contributed by atoms with Crippen LogP contribution in [0, 0.1) is 0 Å². The molecule has 1 atom stereocenters. The maximum Gasteiger partial charge on any atom is 0.122 e. The summed E-state index contributed by atoms with van der Waals surface area (Å²) in [7, 11) is 0. The first-order chi connectivity index (χ1) is 9.86. The number of nitrogens with zero attached hydrogens (tertiary/aromatic N) is 2. The van der Waals surface area contributed by atoms with Crippen molar-refractivity contribution >= 4 is 0 Å². The molecular weight excluding hydrogens is 252 g/mol. The molecule has 0 aromatic heterocycles. The number of benzene rings is 1. The number of β-amino-alcohol motifs (C(OH)–C–C–N with tert-alkyl or cyclic N) is 1. The van der Waals surface area contributed by atoms with E-state index in [9.17, 15) is 0 Å². The second kappa shape index (κ2) is 6.57. The van der Waals surface area contributed by atoms with Crippen LogP contribution in [0.5, 0.6) is 5.75 Å².